The predicted octanol–water partition coefficient (Wildman–Crippen LogP) is 0.579. The van der Waals surface area contributed by atoms with Crippen molar-refractivity contribution in [3.8, 4) is 5.75 Å². The standard InChI is InChI=1S/C12H13NO4/c1-7(12(15)16)13-11(14)10-6-8-4-2-3-5-9(8)17-10/h2-5,7,10H,6H2,1H3,(H,13,14)(H,15,16)/t7-,10?/m1/s1. The molecule has 2 atom stereocenters. The Morgan fingerprint density at radius 1 is 1.47 bits per heavy atom. The third kappa shape index (κ3) is 2.38. The van der Waals surface area contributed by atoms with Crippen LogP contribution < -0.4 is 10.1 Å². The van der Waals surface area contributed by atoms with Gasteiger partial charge in [-0.3, -0.25) is 9.59 Å². The molecule has 5 nitrogen and oxygen atoms in total. The molecule has 0 saturated carbocycles. The van der Waals surface area contributed by atoms with E-state index in [0.717, 1.165) is 5.56 Å². The first-order chi connectivity index (χ1) is 8.08. The zero-order valence-electron chi connectivity index (χ0n) is 9.34. The number of hydrogen-bond acceptors (Lipinski definition) is 3. The van der Waals surface area contributed by atoms with Crippen LogP contribution in [0.15, 0.2) is 24.3 Å². The van der Waals surface area contributed by atoms with Gasteiger partial charge in [0.25, 0.3) is 5.91 Å². The van der Waals surface area contributed by atoms with E-state index in [1.807, 2.05) is 18.2 Å². The van der Waals surface area contributed by atoms with Crippen LogP contribution in [0.5, 0.6) is 5.75 Å². The van der Waals surface area contributed by atoms with Gasteiger partial charge in [0.15, 0.2) is 6.10 Å². The van der Waals surface area contributed by atoms with Crippen LogP contribution in [0.3, 0.4) is 0 Å². The van der Waals surface area contributed by atoms with Crippen LogP contribution >= 0.6 is 0 Å². The van der Waals surface area contributed by atoms with E-state index in [0.29, 0.717) is 12.2 Å². The third-order valence-electron chi connectivity index (χ3n) is 2.67. The smallest absolute Gasteiger partial charge is 0.325 e. The summed E-state index contributed by atoms with van der Waals surface area (Å²) >= 11 is 0. The Morgan fingerprint density at radius 3 is 2.82 bits per heavy atom. The molecule has 1 aromatic rings. The number of hydrogen-bond donors (Lipinski definition) is 2. The van der Waals surface area contributed by atoms with Gasteiger partial charge in [-0.2, -0.15) is 0 Å². The van der Waals surface area contributed by atoms with Crippen LogP contribution in [0.1, 0.15) is 12.5 Å². The lowest BCUT2D eigenvalue weighted by molar-refractivity contribution is -0.142. The van der Waals surface area contributed by atoms with Crippen molar-refractivity contribution in [2.24, 2.45) is 0 Å². The minimum Gasteiger partial charge on any atom is -0.480 e. The van der Waals surface area contributed by atoms with Crippen molar-refractivity contribution in [3.63, 3.8) is 0 Å². The molecule has 1 aliphatic heterocycles. The maximum atomic E-state index is 11.7. The molecular weight excluding hydrogens is 222 g/mol. The summed E-state index contributed by atoms with van der Waals surface area (Å²) in [6, 6.07) is 6.49. The van der Waals surface area contributed by atoms with E-state index in [2.05, 4.69) is 5.32 Å². The lowest BCUT2D eigenvalue weighted by atomic mass is 10.1. The highest BCUT2D eigenvalue weighted by Crippen LogP contribution is 2.28. The second-order valence-corrected chi connectivity index (χ2v) is 3.99. The van der Waals surface area contributed by atoms with E-state index in [9.17, 15) is 9.59 Å². The maximum absolute atomic E-state index is 11.7. The average Bonchev–Trinajstić information content (AvgIpc) is 2.72. The number of ether oxygens (including phenoxy) is 1. The molecular formula is C12H13NO4. The third-order valence-corrected chi connectivity index (χ3v) is 2.67. The highest BCUT2D eigenvalue weighted by molar-refractivity contribution is 5.87. The van der Waals surface area contributed by atoms with Gasteiger partial charge in [-0.05, 0) is 18.6 Å². The predicted molar refractivity (Wildman–Crippen MR) is 59.8 cm³/mol. The van der Waals surface area contributed by atoms with Crippen molar-refractivity contribution in [1.82, 2.24) is 5.32 Å². The monoisotopic (exact) mass is 235 g/mol. The van der Waals surface area contributed by atoms with Gasteiger partial charge in [0.05, 0.1) is 0 Å². The first kappa shape index (κ1) is 11.4. The number of para-hydroxylation sites is 1. The van der Waals surface area contributed by atoms with Gasteiger partial charge >= 0.3 is 5.97 Å². The van der Waals surface area contributed by atoms with Crippen LogP contribution in [0.4, 0.5) is 0 Å². The first-order valence-corrected chi connectivity index (χ1v) is 5.35. The van der Waals surface area contributed by atoms with Gasteiger partial charge < -0.3 is 15.2 Å². The minimum absolute atomic E-state index is 0.392. The van der Waals surface area contributed by atoms with Gasteiger partial charge in [0.2, 0.25) is 0 Å². The molecule has 2 rings (SSSR count). The van der Waals surface area contributed by atoms with Gasteiger partial charge in [0, 0.05) is 6.42 Å². The second kappa shape index (κ2) is 4.45. The summed E-state index contributed by atoms with van der Waals surface area (Å²) in [4.78, 5) is 22.3. The van der Waals surface area contributed by atoms with E-state index in [-0.39, 0.29) is 0 Å². The lowest BCUT2D eigenvalue weighted by Gasteiger charge is -2.13. The minimum atomic E-state index is -1.06. The van der Waals surface area contributed by atoms with E-state index in [4.69, 9.17) is 9.84 Å². The SMILES string of the molecule is C[C@@H](NC(=O)C1Cc2ccccc2O1)C(=O)O. The van der Waals surface area contributed by atoms with Gasteiger partial charge in [-0.25, -0.2) is 0 Å². The molecule has 1 aromatic carbocycles. The zero-order chi connectivity index (χ0) is 12.4. The summed E-state index contributed by atoms with van der Waals surface area (Å²) in [5.74, 6) is -0.763. The molecule has 17 heavy (non-hydrogen) atoms. The Labute approximate surface area is 98.4 Å². The number of nitrogens with one attached hydrogen (secondary N) is 1. The fourth-order valence-electron chi connectivity index (χ4n) is 1.70. The molecule has 5 heteroatoms. The summed E-state index contributed by atoms with van der Waals surface area (Å²) in [5, 5.41) is 11.1. The molecule has 1 amide bonds. The highest BCUT2D eigenvalue weighted by Gasteiger charge is 2.30. The summed E-state index contributed by atoms with van der Waals surface area (Å²) < 4.78 is 5.44. The van der Waals surface area contributed by atoms with E-state index in [1.165, 1.54) is 6.92 Å². The summed E-state index contributed by atoms with van der Waals surface area (Å²) in [7, 11) is 0. The van der Waals surface area contributed by atoms with Crippen molar-refractivity contribution in [3.05, 3.63) is 29.8 Å². The molecule has 1 aliphatic rings. The number of carbonyl (C=O) groups is 2. The summed E-state index contributed by atoms with van der Waals surface area (Å²) in [5.41, 5.74) is 0.968. The van der Waals surface area contributed by atoms with Crippen molar-refractivity contribution in [1.29, 1.82) is 0 Å². The normalized spacial score (nSPS) is 19.0. The largest absolute Gasteiger partial charge is 0.480 e. The second-order valence-electron chi connectivity index (χ2n) is 3.99. The number of aliphatic carboxylic acids is 1. The van der Waals surface area contributed by atoms with Crippen LogP contribution in [0, 0.1) is 0 Å². The Balaban J connectivity index is 1.99. The number of carboxylic acid groups (broad SMARTS) is 1. The molecule has 0 saturated heterocycles. The molecule has 0 bridgehead atoms. The van der Waals surface area contributed by atoms with Gasteiger partial charge in [-0.15, -0.1) is 0 Å². The molecule has 0 radical (unpaired) electrons. The Kier molecular flexibility index (Phi) is 2.99. The topological polar surface area (TPSA) is 75.6 Å². The first-order valence-electron chi connectivity index (χ1n) is 5.35. The van der Waals surface area contributed by atoms with Crippen LogP contribution in [0.25, 0.3) is 0 Å². The summed E-state index contributed by atoms with van der Waals surface area (Å²) in [6.45, 7) is 1.42. The summed E-state index contributed by atoms with van der Waals surface area (Å²) in [6.07, 6.45) is -0.150. The number of carbonyl (C=O) groups excluding carboxylic acids is 1. The van der Waals surface area contributed by atoms with Gasteiger partial charge in [0.1, 0.15) is 11.8 Å². The van der Waals surface area contributed by atoms with E-state index >= 15 is 0 Å². The van der Waals surface area contributed by atoms with Crippen LogP contribution in [0.2, 0.25) is 0 Å². The molecule has 0 spiro atoms. The van der Waals surface area contributed by atoms with Crippen molar-refractivity contribution in [2.45, 2.75) is 25.5 Å². The molecule has 0 aliphatic carbocycles. The molecule has 1 unspecified atom stereocenters. The number of amides is 1. The van der Waals surface area contributed by atoms with Crippen LogP contribution in [-0.4, -0.2) is 29.1 Å². The Morgan fingerprint density at radius 2 is 2.18 bits per heavy atom. The number of fused-ring (bicyclic) bond motifs is 1. The fourth-order valence-corrected chi connectivity index (χ4v) is 1.70. The fraction of sp³-hybridized carbons (Fsp3) is 0.333. The molecule has 0 aromatic heterocycles. The van der Waals surface area contributed by atoms with Crippen molar-refractivity contribution in [2.75, 3.05) is 0 Å². The lowest BCUT2D eigenvalue weighted by Crippen LogP contribution is -2.45. The van der Waals surface area contributed by atoms with Crippen LogP contribution in [-0.2, 0) is 16.0 Å². The Bertz CT molecular complexity index is 433. The number of benzene rings is 1. The maximum Gasteiger partial charge on any atom is 0.325 e. The van der Waals surface area contributed by atoms with Crippen molar-refractivity contribution >= 4 is 11.9 Å². The Hall–Kier alpha value is -2.04. The van der Waals surface area contributed by atoms with Crippen molar-refractivity contribution < 1.29 is 19.4 Å². The van der Waals surface area contributed by atoms with E-state index in [1.54, 1.807) is 6.07 Å². The number of carboxylic acids is 1. The quantitative estimate of drug-likeness (QED) is 0.803. The van der Waals surface area contributed by atoms with Gasteiger partial charge in [-0.1, -0.05) is 18.2 Å². The van der Waals surface area contributed by atoms with E-state index < -0.39 is 24.0 Å². The number of rotatable bonds is 3. The zero-order valence-corrected chi connectivity index (χ0v) is 9.34. The molecule has 2 N–H and O–H groups in total. The highest BCUT2D eigenvalue weighted by atomic mass is 16.5. The average molecular weight is 235 g/mol. The molecule has 0 fully saturated rings. The molecule has 1 heterocycles. The molecule has 90 valence electrons.